The maximum absolute atomic E-state index is 11.0. The summed E-state index contributed by atoms with van der Waals surface area (Å²) in [6.45, 7) is 5.81. The summed E-state index contributed by atoms with van der Waals surface area (Å²) in [6.07, 6.45) is 2.77. The molecule has 0 amide bonds. The van der Waals surface area contributed by atoms with Crippen LogP contribution in [-0.4, -0.2) is 21.1 Å². The van der Waals surface area contributed by atoms with E-state index in [1.807, 2.05) is 51.1 Å². The third-order valence-corrected chi connectivity index (χ3v) is 2.82. The molecule has 114 valence electrons. The second-order valence-electron chi connectivity index (χ2n) is 5.72. The molecular weight excluding hydrogens is 282 g/mol. The average molecular weight is 299 g/mol. The quantitative estimate of drug-likeness (QED) is 0.532. The van der Waals surface area contributed by atoms with E-state index < -0.39 is 4.92 Å². The van der Waals surface area contributed by atoms with Crippen molar-refractivity contribution in [2.45, 2.75) is 26.2 Å². The Kier molecular flexibility index (Phi) is 4.45. The van der Waals surface area contributed by atoms with Crippen molar-refractivity contribution in [1.29, 1.82) is 0 Å². The Balaban J connectivity index is 2.28. The van der Waals surface area contributed by atoms with E-state index in [0.29, 0.717) is 5.82 Å². The van der Waals surface area contributed by atoms with Crippen LogP contribution in [0.4, 0.5) is 11.5 Å². The van der Waals surface area contributed by atoms with E-state index in [0.717, 1.165) is 5.56 Å². The molecule has 0 radical (unpaired) electrons. The zero-order valence-electron chi connectivity index (χ0n) is 12.6. The van der Waals surface area contributed by atoms with Crippen LogP contribution in [0, 0.1) is 10.1 Å². The van der Waals surface area contributed by atoms with Gasteiger partial charge in [-0.3, -0.25) is 15.5 Å². The Labute approximate surface area is 128 Å². The minimum absolute atomic E-state index is 0.0807. The fourth-order valence-corrected chi connectivity index (χ4v) is 1.66. The highest BCUT2D eigenvalue weighted by molar-refractivity contribution is 5.80. The molecule has 0 aliphatic carbocycles. The second-order valence-corrected chi connectivity index (χ2v) is 5.72. The third-order valence-electron chi connectivity index (χ3n) is 2.82. The van der Waals surface area contributed by atoms with Crippen molar-refractivity contribution in [2.75, 3.05) is 5.43 Å². The van der Waals surface area contributed by atoms with E-state index in [2.05, 4.69) is 20.5 Å². The van der Waals surface area contributed by atoms with Crippen LogP contribution in [-0.2, 0) is 5.41 Å². The molecule has 0 fully saturated rings. The summed E-state index contributed by atoms with van der Waals surface area (Å²) in [5.74, 6) is 0.590. The van der Waals surface area contributed by atoms with E-state index in [9.17, 15) is 10.1 Å². The maximum atomic E-state index is 11.0. The fraction of sp³-hybridized carbons (Fsp3) is 0.267. The molecule has 22 heavy (non-hydrogen) atoms. The number of nitro groups is 1. The van der Waals surface area contributed by atoms with Crippen LogP contribution in [0.25, 0.3) is 0 Å². The second kappa shape index (κ2) is 6.30. The number of nitrogens with zero attached hydrogens (tertiary/aromatic N) is 4. The molecule has 0 spiro atoms. The van der Waals surface area contributed by atoms with Crippen LogP contribution in [0.15, 0.2) is 41.6 Å². The van der Waals surface area contributed by atoms with Gasteiger partial charge in [-0.2, -0.15) is 5.10 Å². The lowest BCUT2D eigenvalue weighted by Gasteiger charge is -2.16. The van der Waals surface area contributed by atoms with Gasteiger partial charge < -0.3 is 0 Å². The number of hydrogen-bond acceptors (Lipinski definition) is 6. The molecule has 0 bridgehead atoms. The molecular formula is C15H17N5O2. The number of rotatable bonds is 4. The topological polar surface area (TPSA) is 93.3 Å². The minimum Gasteiger partial charge on any atom is -0.258 e. The molecule has 2 aromatic rings. The zero-order chi connectivity index (χ0) is 16.2. The molecule has 1 aromatic heterocycles. The van der Waals surface area contributed by atoms with Gasteiger partial charge in [0.1, 0.15) is 12.0 Å². The molecule has 1 N–H and O–H groups in total. The number of hydrazone groups is 1. The largest absolute Gasteiger partial charge is 0.331 e. The predicted molar refractivity (Wildman–Crippen MR) is 85.0 cm³/mol. The van der Waals surface area contributed by atoms with Crippen LogP contribution in [0.1, 0.15) is 32.2 Å². The number of nitrogens with one attached hydrogen (secondary N) is 1. The molecule has 1 heterocycles. The average Bonchev–Trinajstić information content (AvgIpc) is 2.47. The van der Waals surface area contributed by atoms with Crippen molar-refractivity contribution in [2.24, 2.45) is 5.10 Å². The molecule has 7 heteroatoms. The maximum Gasteiger partial charge on any atom is 0.331 e. The Morgan fingerprint density at radius 2 is 1.95 bits per heavy atom. The lowest BCUT2D eigenvalue weighted by atomic mass is 9.96. The van der Waals surface area contributed by atoms with Gasteiger partial charge in [-0.05, 0) is 5.56 Å². The van der Waals surface area contributed by atoms with Crippen molar-refractivity contribution in [3.05, 3.63) is 58.0 Å². The van der Waals surface area contributed by atoms with Crippen LogP contribution in [0.3, 0.4) is 0 Å². The van der Waals surface area contributed by atoms with Gasteiger partial charge >= 0.3 is 5.69 Å². The van der Waals surface area contributed by atoms with Crippen molar-refractivity contribution in [3.8, 4) is 0 Å². The zero-order valence-corrected chi connectivity index (χ0v) is 12.6. The molecule has 0 atom stereocenters. The van der Waals surface area contributed by atoms with Gasteiger partial charge in [-0.1, -0.05) is 51.1 Å². The molecule has 0 aliphatic rings. The number of hydrogen-bond donors (Lipinski definition) is 1. The van der Waals surface area contributed by atoms with Crippen molar-refractivity contribution in [1.82, 2.24) is 9.97 Å². The summed E-state index contributed by atoms with van der Waals surface area (Å²) in [5.41, 5.74) is 2.99. The van der Waals surface area contributed by atoms with Crippen molar-refractivity contribution in [3.63, 3.8) is 0 Å². The first-order chi connectivity index (χ1) is 10.4. The van der Waals surface area contributed by atoms with Gasteiger partial charge in [0, 0.05) is 5.41 Å². The fourth-order valence-electron chi connectivity index (χ4n) is 1.66. The third kappa shape index (κ3) is 3.85. The molecule has 0 aliphatic heterocycles. The summed E-state index contributed by atoms with van der Waals surface area (Å²) in [5, 5.41) is 15.1. The molecule has 1 aromatic carbocycles. The minimum atomic E-state index is -0.535. The van der Waals surface area contributed by atoms with Crippen LogP contribution < -0.4 is 5.43 Å². The lowest BCUT2D eigenvalue weighted by molar-refractivity contribution is -0.384. The number of benzene rings is 1. The van der Waals surface area contributed by atoms with Gasteiger partial charge in [0.2, 0.25) is 5.82 Å². The summed E-state index contributed by atoms with van der Waals surface area (Å²) in [7, 11) is 0. The highest BCUT2D eigenvalue weighted by Gasteiger charge is 2.23. The summed E-state index contributed by atoms with van der Waals surface area (Å²) in [4.78, 5) is 18.8. The van der Waals surface area contributed by atoms with Gasteiger partial charge in [-0.25, -0.2) is 9.97 Å². The van der Waals surface area contributed by atoms with Gasteiger partial charge in [-0.15, -0.1) is 0 Å². The van der Waals surface area contributed by atoms with Gasteiger partial charge in [0.05, 0.1) is 11.1 Å². The lowest BCUT2D eigenvalue weighted by Crippen LogP contribution is -2.17. The summed E-state index contributed by atoms with van der Waals surface area (Å²) >= 11 is 0. The van der Waals surface area contributed by atoms with Crippen molar-refractivity contribution >= 4 is 17.7 Å². The molecule has 7 nitrogen and oxygen atoms in total. The Hall–Kier alpha value is -2.83. The van der Waals surface area contributed by atoms with E-state index in [-0.39, 0.29) is 16.9 Å². The standard InChI is InChI=1S/C15H17N5O2/c1-15(2,3)14-16-10-12(20(21)22)13(18-14)19-17-9-11-7-5-4-6-8-11/h4-10H,1-3H3,(H,16,18,19)/b17-9+. The normalized spacial score (nSPS) is 11.6. The molecule has 2 rings (SSSR count). The number of aromatic nitrogens is 2. The van der Waals surface area contributed by atoms with E-state index in [4.69, 9.17) is 0 Å². The smallest absolute Gasteiger partial charge is 0.258 e. The van der Waals surface area contributed by atoms with Crippen LogP contribution >= 0.6 is 0 Å². The SMILES string of the molecule is CC(C)(C)c1ncc([N+](=O)[O-])c(N/N=C/c2ccccc2)n1. The Bertz CT molecular complexity index is 693. The summed E-state index contributed by atoms with van der Waals surface area (Å²) in [6, 6.07) is 9.41. The Morgan fingerprint density at radius 1 is 1.27 bits per heavy atom. The number of anilines is 1. The highest BCUT2D eigenvalue weighted by atomic mass is 16.6. The highest BCUT2D eigenvalue weighted by Crippen LogP contribution is 2.25. The summed E-state index contributed by atoms with van der Waals surface area (Å²) < 4.78 is 0. The Morgan fingerprint density at radius 3 is 2.55 bits per heavy atom. The van der Waals surface area contributed by atoms with E-state index in [1.54, 1.807) is 6.21 Å². The monoisotopic (exact) mass is 299 g/mol. The van der Waals surface area contributed by atoms with Gasteiger partial charge in [0.25, 0.3) is 0 Å². The van der Waals surface area contributed by atoms with Gasteiger partial charge in [0.15, 0.2) is 0 Å². The van der Waals surface area contributed by atoms with Crippen molar-refractivity contribution < 1.29 is 4.92 Å². The van der Waals surface area contributed by atoms with E-state index in [1.165, 1.54) is 6.20 Å². The molecule has 0 saturated carbocycles. The van der Waals surface area contributed by atoms with Crippen LogP contribution in [0.2, 0.25) is 0 Å². The van der Waals surface area contributed by atoms with E-state index >= 15 is 0 Å². The molecule has 0 saturated heterocycles. The first kappa shape index (κ1) is 15.6. The predicted octanol–water partition coefficient (Wildman–Crippen LogP) is 3.13. The first-order valence-corrected chi connectivity index (χ1v) is 6.74. The first-order valence-electron chi connectivity index (χ1n) is 6.74. The van der Waals surface area contributed by atoms with Crippen LogP contribution in [0.5, 0.6) is 0 Å². The molecule has 0 unspecified atom stereocenters.